The van der Waals surface area contributed by atoms with Crippen LogP contribution in [0.1, 0.15) is 29.6 Å². The van der Waals surface area contributed by atoms with E-state index in [0.717, 1.165) is 23.6 Å². The van der Waals surface area contributed by atoms with E-state index in [1.54, 1.807) is 0 Å². The van der Waals surface area contributed by atoms with Crippen molar-refractivity contribution >= 4 is 21.7 Å². The number of aryl methyl sites for hydroxylation is 2. The Balaban J connectivity index is 1.82. The Morgan fingerprint density at radius 1 is 1.12 bits per heavy atom. The van der Waals surface area contributed by atoms with Crippen molar-refractivity contribution in [3.63, 3.8) is 0 Å². The third-order valence-electron chi connectivity index (χ3n) is 4.00. The topological polar surface area (TPSA) is 88.1 Å². The number of anilines is 2. The molecule has 1 aliphatic rings. The van der Waals surface area contributed by atoms with Crippen molar-refractivity contribution in [2.45, 2.75) is 26.2 Å². The van der Waals surface area contributed by atoms with Crippen molar-refractivity contribution in [1.29, 1.82) is 0 Å². The molecular formula is C16H21N5O2S. The molecule has 0 spiro atoms. The fraction of sp³-hybridized carbons (Fsp3) is 0.438. The number of pyridine rings is 1. The van der Waals surface area contributed by atoms with Gasteiger partial charge in [-0.25, -0.2) is 27.7 Å². The number of hydrogen-bond donors (Lipinski definition) is 1. The van der Waals surface area contributed by atoms with Crippen LogP contribution in [0.4, 0.5) is 11.6 Å². The molecule has 0 unspecified atom stereocenters. The first-order chi connectivity index (χ1) is 11.3. The Labute approximate surface area is 142 Å². The van der Waals surface area contributed by atoms with Crippen LogP contribution >= 0.6 is 0 Å². The van der Waals surface area contributed by atoms with Crippen LogP contribution in [-0.2, 0) is 10.0 Å². The second-order valence-electron chi connectivity index (χ2n) is 6.15. The minimum atomic E-state index is -3.16. The summed E-state index contributed by atoms with van der Waals surface area (Å²) in [4.78, 5) is 13.5. The number of aromatic nitrogens is 3. The Hall–Kier alpha value is -2.06. The number of nitrogens with zero attached hydrogens (tertiary/aromatic N) is 4. The van der Waals surface area contributed by atoms with Gasteiger partial charge in [-0.3, -0.25) is 0 Å². The Morgan fingerprint density at radius 2 is 1.92 bits per heavy atom. The summed E-state index contributed by atoms with van der Waals surface area (Å²) >= 11 is 0. The summed E-state index contributed by atoms with van der Waals surface area (Å²) in [5.74, 6) is 2.10. The largest absolute Gasteiger partial charge is 0.325 e. The average molecular weight is 347 g/mol. The lowest BCUT2D eigenvalue weighted by atomic mass is 10.1. The van der Waals surface area contributed by atoms with E-state index in [1.807, 2.05) is 38.1 Å². The molecule has 3 rings (SSSR count). The van der Waals surface area contributed by atoms with Crippen LogP contribution in [0.2, 0.25) is 0 Å². The van der Waals surface area contributed by atoms with Crippen molar-refractivity contribution < 1.29 is 8.42 Å². The van der Waals surface area contributed by atoms with Crippen molar-refractivity contribution in [2.24, 2.45) is 0 Å². The molecule has 0 amide bonds. The molecule has 3 heterocycles. The predicted molar refractivity (Wildman–Crippen MR) is 92.8 cm³/mol. The summed E-state index contributed by atoms with van der Waals surface area (Å²) in [5.41, 5.74) is 1.76. The second kappa shape index (κ2) is 6.45. The molecule has 1 fully saturated rings. The van der Waals surface area contributed by atoms with Gasteiger partial charge in [0.1, 0.15) is 17.5 Å². The van der Waals surface area contributed by atoms with E-state index in [2.05, 4.69) is 20.3 Å². The van der Waals surface area contributed by atoms with Crippen molar-refractivity contribution in [3.05, 3.63) is 41.5 Å². The summed E-state index contributed by atoms with van der Waals surface area (Å²) in [6.07, 6.45) is 1.97. The Morgan fingerprint density at radius 3 is 2.58 bits per heavy atom. The normalized spacial score (nSPS) is 18.7. The van der Waals surface area contributed by atoms with Crippen molar-refractivity contribution in [2.75, 3.05) is 24.7 Å². The molecule has 0 aliphatic carbocycles. The highest BCUT2D eigenvalue weighted by Gasteiger charge is 2.31. The van der Waals surface area contributed by atoms with Gasteiger partial charge in [0, 0.05) is 36.5 Å². The minimum absolute atomic E-state index is 0.0191. The maximum absolute atomic E-state index is 11.7. The molecule has 0 bridgehead atoms. The van der Waals surface area contributed by atoms with Crippen LogP contribution in [0.15, 0.2) is 24.3 Å². The smallest absolute Gasteiger partial charge is 0.211 e. The van der Waals surface area contributed by atoms with Gasteiger partial charge in [0.15, 0.2) is 0 Å². The van der Waals surface area contributed by atoms with Gasteiger partial charge in [0.25, 0.3) is 0 Å². The minimum Gasteiger partial charge on any atom is -0.325 e. The monoisotopic (exact) mass is 347 g/mol. The molecular weight excluding hydrogens is 326 g/mol. The van der Waals surface area contributed by atoms with Gasteiger partial charge >= 0.3 is 0 Å². The average Bonchev–Trinajstić information content (AvgIpc) is 2.96. The van der Waals surface area contributed by atoms with Crippen LogP contribution in [0, 0.1) is 13.8 Å². The molecule has 128 valence electrons. The fourth-order valence-electron chi connectivity index (χ4n) is 2.82. The van der Waals surface area contributed by atoms with E-state index in [-0.39, 0.29) is 5.92 Å². The predicted octanol–water partition coefficient (Wildman–Crippen LogP) is 1.98. The van der Waals surface area contributed by atoms with E-state index < -0.39 is 10.0 Å². The van der Waals surface area contributed by atoms with Crippen LogP contribution in [-0.4, -0.2) is 47.0 Å². The standard InChI is InChI=1S/C16H21N5O2S/c1-11-5-4-6-14(17-11)19-15-9-12(2)18-16(20-15)13-7-8-21(10-13)24(3,22)23/h4-6,9,13H,7-8,10H2,1-3H3,(H,17,18,19,20)/t13-/m1/s1. The van der Waals surface area contributed by atoms with E-state index in [9.17, 15) is 8.42 Å². The Kier molecular flexibility index (Phi) is 4.51. The maximum Gasteiger partial charge on any atom is 0.211 e. The molecule has 0 aromatic carbocycles. The first-order valence-electron chi connectivity index (χ1n) is 7.82. The highest BCUT2D eigenvalue weighted by atomic mass is 32.2. The van der Waals surface area contributed by atoms with Gasteiger partial charge in [0.05, 0.1) is 6.26 Å². The third-order valence-corrected chi connectivity index (χ3v) is 5.27. The number of sulfonamides is 1. The zero-order chi connectivity index (χ0) is 17.3. The molecule has 1 aliphatic heterocycles. The number of hydrogen-bond acceptors (Lipinski definition) is 6. The number of nitrogens with one attached hydrogen (secondary N) is 1. The summed E-state index contributed by atoms with van der Waals surface area (Å²) in [7, 11) is -3.16. The third kappa shape index (κ3) is 3.88. The molecule has 1 atom stereocenters. The van der Waals surface area contributed by atoms with Gasteiger partial charge in [0.2, 0.25) is 10.0 Å². The summed E-state index contributed by atoms with van der Waals surface area (Å²) in [6, 6.07) is 7.60. The lowest BCUT2D eigenvalue weighted by Crippen LogP contribution is -2.27. The zero-order valence-corrected chi connectivity index (χ0v) is 14.8. The van der Waals surface area contributed by atoms with E-state index >= 15 is 0 Å². The fourth-order valence-corrected chi connectivity index (χ4v) is 3.71. The van der Waals surface area contributed by atoms with Gasteiger partial charge in [-0.05, 0) is 32.4 Å². The Bertz CT molecular complexity index is 853. The van der Waals surface area contributed by atoms with E-state index in [4.69, 9.17) is 0 Å². The molecule has 24 heavy (non-hydrogen) atoms. The molecule has 8 heteroatoms. The van der Waals surface area contributed by atoms with Gasteiger partial charge in [-0.2, -0.15) is 0 Å². The SMILES string of the molecule is Cc1cccc(Nc2cc(C)nc([C@@H]3CCN(S(C)(=O)=O)C3)n2)n1. The molecule has 0 radical (unpaired) electrons. The van der Waals surface area contributed by atoms with Crippen LogP contribution in [0.3, 0.4) is 0 Å². The molecule has 2 aromatic rings. The molecule has 7 nitrogen and oxygen atoms in total. The van der Waals surface area contributed by atoms with Gasteiger partial charge in [-0.1, -0.05) is 6.07 Å². The van der Waals surface area contributed by atoms with Crippen LogP contribution in [0.5, 0.6) is 0 Å². The highest BCUT2D eigenvalue weighted by molar-refractivity contribution is 7.88. The van der Waals surface area contributed by atoms with E-state index in [0.29, 0.717) is 24.7 Å². The van der Waals surface area contributed by atoms with Gasteiger partial charge < -0.3 is 5.32 Å². The van der Waals surface area contributed by atoms with Gasteiger partial charge in [-0.15, -0.1) is 0 Å². The zero-order valence-electron chi connectivity index (χ0n) is 14.0. The lowest BCUT2D eigenvalue weighted by molar-refractivity contribution is 0.476. The summed E-state index contributed by atoms with van der Waals surface area (Å²) in [5, 5.41) is 3.20. The molecule has 1 saturated heterocycles. The van der Waals surface area contributed by atoms with Crippen LogP contribution in [0.25, 0.3) is 0 Å². The second-order valence-corrected chi connectivity index (χ2v) is 8.13. The van der Waals surface area contributed by atoms with Crippen molar-refractivity contribution in [1.82, 2.24) is 19.3 Å². The lowest BCUT2D eigenvalue weighted by Gasteiger charge is -2.14. The molecule has 2 aromatic heterocycles. The summed E-state index contributed by atoms with van der Waals surface area (Å²) in [6.45, 7) is 4.79. The molecule has 0 saturated carbocycles. The maximum atomic E-state index is 11.7. The van der Waals surface area contributed by atoms with Crippen LogP contribution < -0.4 is 5.32 Å². The van der Waals surface area contributed by atoms with E-state index in [1.165, 1.54) is 10.6 Å². The first-order valence-corrected chi connectivity index (χ1v) is 9.67. The number of rotatable bonds is 4. The summed E-state index contributed by atoms with van der Waals surface area (Å²) < 4.78 is 24.8. The quantitative estimate of drug-likeness (QED) is 0.910. The first kappa shape index (κ1) is 16.8. The highest BCUT2D eigenvalue weighted by Crippen LogP contribution is 2.27. The van der Waals surface area contributed by atoms with Crippen molar-refractivity contribution in [3.8, 4) is 0 Å². The molecule has 1 N–H and O–H groups in total.